The van der Waals surface area contributed by atoms with Crippen molar-refractivity contribution in [2.24, 2.45) is 0 Å². The van der Waals surface area contributed by atoms with Crippen LogP contribution in [-0.2, 0) is 16.8 Å². The van der Waals surface area contributed by atoms with E-state index in [0.29, 0.717) is 13.0 Å². The van der Waals surface area contributed by atoms with Gasteiger partial charge < -0.3 is 4.79 Å². The molecule has 0 radical (unpaired) electrons. The molecule has 0 aliphatic carbocycles. The van der Waals surface area contributed by atoms with Crippen LogP contribution in [-0.4, -0.2) is 21.3 Å². The molecular formula is C15H19N3O. The topological polar surface area (TPSA) is 47.8 Å². The molecule has 0 saturated heterocycles. The van der Waals surface area contributed by atoms with E-state index in [1.165, 1.54) is 5.56 Å². The van der Waals surface area contributed by atoms with E-state index in [9.17, 15) is 4.79 Å². The Morgan fingerprint density at radius 3 is 2.47 bits per heavy atom. The summed E-state index contributed by atoms with van der Waals surface area (Å²) < 4.78 is 1.70. The molecule has 0 amide bonds. The maximum Gasteiger partial charge on any atom is 0.121 e. The molecule has 0 bridgehead atoms. The van der Waals surface area contributed by atoms with Crippen molar-refractivity contribution < 1.29 is 4.79 Å². The van der Waals surface area contributed by atoms with Crippen LogP contribution in [0.15, 0.2) is 30.5 Å². The lowest BCUT2D eigenvalue weighted by molar-refractivity contribution is -0.108. The van der Waals surface area contributed by atoms with Gasteiger partial charge in [0.25, 0.3) is 0 Å². The number of benzene rings is 1. The monoisotopic (exact) mass is 257 g/mol. The quantitative estimate of drug-likeness (QED) is 0.791. The van der Waals surface area contributed by atoms with Gasteiger partial charge in [0.1, 0.15) is 12.0 Å². The first-order valence-electron chi connectivity index (χ1n) is 6.45. The zero-order chi connectivity index (χ0) is 13.9. The highest BCUT2D eigenvalue weighted by molar-refractivity contribution is 5.58. The summed E-state index contributed by atoms with van der Waals surface area (Å²) in [5.74, 6) is 0. The van der Waals surface area contributed by atoms with E-state index in [2.05, 4.69) is 55.3 Å². The number of aryl methyl sites for hydroxylation is 1. The minimum absolute atomic E-state index is 0.153. The molecule has 0 unspecified atom stereocenters. The number of nitrogens with zero attached hydrogens (tertiary/aromatic N) is 3. The second-order valence-electron chi connectivity index (χ2n) is 5.65. The van der Waals surface area contributed by atoms with Gasteiger partial charge in [0.15, 0.2) is 0 Å². The van der Waals surface area contributed by atoms with Crippen LogP contribution in [0.3, 0.4) is 0 Å². The van der Waals surface area contributed by atoms with Gasteiger partial charge in [-0.05, 0) is 11.0 Å². The van der Waals surface area contributed by atoms with Gasteiger partial charge in [-0.15, -0.1) is 5.10 Å². The van der Waals surface area contributed by atoms with E-state index in [1.807, 2.05) is 6.20 Å². The van der Waals surface area contributed by atoms with Crippen LogP contribution in [0.1, 0.15) is 32.8 Å². The molecule has 4 nitrogen and oxygen atoms in total. The smallest absolute Gasteiger partial charge is 0.121 e. The van der Waals surface area contributed by atoms with E-state index in [4.69, 9.17) is 0 Å². The van der Waals surface area contributed by atoms with Crippen molar-refractivity contribution in [3.8, 4) is 11.3 Å². The van der Waals surface area contributed by atoms with Crippen molar-refractivity contribution in [1.29, 1.82) is 0 Å². The molecule has 2 rings (SSSR count). The van der Waals surface area contributed by atoms with Crippen LogP contribution in [0, 0.1) is 0 Å². The highest BCUT2D eigenvalue weighted by Gasteiger charge is 2.13. The van der Waals surface area contributed by atoms with Crippen molar-refractivity contribution >= 4 is 6.29 Å². The van der Waals surface area contributed by atoms with Gasteiger partial charge in [0.2, 0.25) is 0 Å². The molecule has 4 heteroatoms. The molecule has 0 fully saturated rings. The number of aldehydes is 1. The summed E-state index contributed by atoms with van der Waals surface area (Å²) in [6.07, 6.45) is 3.22. The Morgan fingerprint density at radius 1 is 1.21 bits per heavy atom. The maximum absolute atomic E-state index is 10.3. The summed E-state index contributed by atoms with van der Waals surface area (Å²) >= 11 is 0. The van der Waals surface area contributed by atoms with E-state index in [1.54, 1.807) is 4.68 Å². The Labute approximate surface area is 113 Å². The third-order valence-corrected chi connectivity index (χ3v) is 3.06. The predicted molar refractivity (Wildman–Crippen MR) is 74.8 cm³/mol. The number of rotatable bonds is 4. The molecule has 1 heterocycles. The number of aromatic nitrogens is 3. The SMILES string of the molecule is CC(C)(C)c1ccc(-c2cn(CCC=O)nn2)cc1. The largest absolute Gasteiger partial charge is 0.303 e. The van der Waals surface area contributed by atoms with Crippen LogP contribution < -0.4 is 0 Å². The first-order chi connectivity index (χ1) is 9.00. The minimum Gasteiger partial charge on any atom is -0.303 e. The van der Waals surface area contributed by atoms with Crippen LogP contribution in [0.4, 0.5) is 0 Å². The van der Waals surface area contributed by atoms with Gasteiger partial charge >= 0.3 is 0 Å². The van der Waals surface area contributed by atoms with Gasteiger partial charge in [-0.2, -0.15) is 0 Å². The summed E-state index contributed by atoms with van der Waals surface area (Å²) in [5, 5.41) is 8.14. The first kappa shape index (κ1) is 13.5. The number of carbonyl (C=O) groups excluding carboxylic acids is 1. The Morgan fingerprint density at radius 2 is 1.89 bits per heavy atom. The molecule has 2 aromatic rings. The van der Waals surface area contributed by atoms with E-state index >= 15 is 0 Å². The highest BCUT2D eigenvalue weighted by atomic mass is 16.1. The van der Waals surface area contributed by atoms with Gasteiger partial charge in [0, 0.05) is 18.5 Å². The summed E-state index contributed by atoms with van der Waals surface area (Å²) in [7, 11) is 0. The highest BCUT2D eigenvalue weighted by Crippen LogP contribution is 2.25. The summed E-state index contributed by atoms with van der Waals surface area (Å²) in [5.41, 5.74) is 3.33. The van der Waals surface area contributed by atoms with Gasteiger partial charge in [-0.1, -0.05) is 50.3 Å². The third kappa shape index (κ3) is 3.28. The van der Waals surface area contributed by atoms with Crippen molar-refractivity contribution in [2.45, 2.75) is 39.2 Å². The predicted octanol–water partition coefficient (Wildman–Crippen LogP) is 2.83. The molecule has 0 atom stereocenters. The van der Waals surface area contributed by atoms with Crippen molar-refractivity contribution in [3.63, 3.8) is 0 Å². The number of hydrogen-bond acceptors (Lipinski definition) is 3. The average molecular weight is 257 g/mol. The Balaban J connectivity index is 2.18. The third-order valence-electron chi connectivity index (χ3n) is 3.06. The Hall–Kier alpha value is -1.97. The normalized spacial score (nSPS) is 11.5. The van der Waals surface area contributed by atoms with E-state index in [-0.39, 0.29) is 5.41 Å². The van der Waals surface area contributed by atoms with Crippen LogP contribution in [0.2, 0.25) is 0 Å². The fourth-order valence-corrected chi connectivity index (χ4v) is 1.87. The number of hydrogen-bond donors (Lipinski definition) is 0. The second kappa shape index (κ2) is 5.34. The summed E-state index contributed by atoms with van der Waals surface area (Å²) in [6, 6.07) is 8.38. The average Bonchev–Trinajstić information content (AvgIpc) is 2.84. The van der Waals surface area contributed by atoms with Gasteiger partial charge in [-0.3, -0.25) is 4.68 Å². The molecule has 0 aliphatic heterocycles. The van der Waals surface area contributed by atoms with Crippen LogP contribution >= 0.6 is 0 Å². The maximum atomic E-state index is 10.3. The van der Waals surface area contributed by atoms with Crippen LogP contribution in [0.25, 0.3) is 11.3 Å². The zero-order valence-corrected chi connectivity index (χ0v) is 11.6. The summed E-state index contributed by atoms with van der Waals surface area (Å²) in [6.45, 7) is 7.16. The van der Waals surface area contributed by atoms with E-state index in [0.717, 1.165) is 17.5 Å². The first-order valence-corrected chi connectivity index (χ1v) is 6.45. The Bertz CT molecular complexity index is 550. The second-order valence-corrected chi connectivity index (χ2v) is 5.65. The lowest BCUT2D eigenvalue weighted by Crippen LogP contribution is -2.10. The summed E-state index contributed by atoms with van der Waals surface area (Å²) in [4.78, 5) is 10.3. The lowest BCUT2D eigenvalue weighted by Gasteiger charge is -2.18. The van der Waals surface area contributed by atoms with Crippen molar-refractivity contribution in [3.05, 3.63) is 36.0 Å². The molecule has 0 spiro atoms. The number of carbonyl (C=O) groups is 1. The van der Waals surface area contributed by atoms with Crippen molar-refractivity contribution in [1.82, 2.24) is 15.0 Å². The minimum atomic E-state index is 0.153. The Kier molecular flexibility index (Phi) is 3.79. The van der Waals surface area contributed by atoms with Gasteiger partial charge in [-0.25, -0.2) is 0 Å². The molecule has 19 heavy (non-hydrogen) atoms. The van der Waals surface area contributed by atoms with Crippen LogP contribution in [0.5, 0.6) is 0 Å². The molecule has 100 valence electrons. The van der Waals surface area contributed by atoms with E-state index < -0.39 is 0 Å². The zero-order valence-electron chi connectivity index (χ0n) is 11.6. The fourth-order valence-electron chi connectivity index (χ4n) is 1.87. The lowest BCUT2D eigenvalue weighted by atomic mass is 9.86. The molecule has 1 aromatic heterocycles. The van der Waals surface area contributed by atoms with Crippen molar-refractivity contribution in [2.75, 3.05) is 0 Å². The molecule has 0 saturated carbocycles. The molecule has 0 aliphatic rings. The molecular weight excluding hydrogens is 238 g/mol. The molecule has 0 N–H and O–H groups in total. The molecule has 1 aromatic carbocycles. The standard InChI is InChI=1S/C15H19N3O/c1-15(2,3)13-7-5-12(6-8-13)14-11-18(17-16-14)9-4-10-19/h5-8,10-11H,4,9H2,1-3H3. The van der Waals surface area contributed by atoms with Gasteiger partial charge in [0.05, 0.1) is 6.20 Å². The fraction of sp³-hybridized carbons (Fsp3) is 0.400.